The Labute approximate surface area is 111 Å². The fourth-order valence-electron chi connectivity index (χ4n) is 3.27. The van der Waals surface area contributed by atoms with Crippen molar-refractivity contribution in [3.05, 3.63) is 0 Å². The van der Waals surface area contributed by atoms with Crippen LogP contribution in [0.25, 0.3) is 0 Å². The molecule has 2 aliphatic carbocycles. The zero-order valence-electron chi connectivity index (χ0n) is 10.8. The molecular weight excluding hydrogens is 248 g/mol. The molecule has 2 rings (SSSR count). The van der Waals surface area contributed by atoms with Gasteiger partial charge < -0.3 is 5.11 Å². The summed E-state index contributed by atoms with van der Waals surface area (Å²) in [4.78, 5) is 47.1. The Hall–Kier alpha value is -1.52. The lowest BCUT2D eigenvalue weighted by Gasteiger charge is -2.34. The van der Waals surface area contributed by atoms with Gasteiger partial charge in [-0.3, -0.25) is 19.2 Å². The van der Waals surface area contributed by atoms with Gasteiger partial charge in [-0.05, 0) is 12.8 Å². The first-order valence-electron chi connectivity index (χ1n) is 6.77. The van der Waals surface area contributed by atoms with Gasteiger partial charge in [-0.15, -0.1) is 0 Å². The Kier molecular flexibility index (Phi) is 3.83. The highest BCUT2D eigenvalue weighted by Gasteiger charge is 2.53. The molecule has 0 radical (unpaired) electrons. The average molecular weight is 266 g/mol. The number of ketones is 3. The molecule has 0 atom stereocenters. The summed E-state index contributed by atoms with van der Waals surface area (Å²) in [6.07, 6.45) is 3.37. The molecule has 2 saturated carbocycles. The zero-order chi connectivity index (χ0) is 14.0. The van der Waals surface area contributed by atoms with Crippen LogP contribution in [0.3, 0.4) is 0 Å². The van der Waals surface area contributed by atoms with E-state index in [4.69, 9.17) is 0 Å². The van der Waals surface area contributed by atoms with Crippen molar-refractivity contribution >= 4 is 23.3 Å². The van der Waals surface area contributed by atoms with Crippen molar-refractivity contribution < 1.29 is 24.3 Å². The third-order valence-electron chi connectivity index (χ3n) is 4.25. The van der Waals surface area contributed by atoms with Gasteiger partial charge in [-0.1, -0.05) is 19.3 Å². The number of hydrogen-bond donors (Lipinski definition) is 1. The lowest BCUT2D eigenvalue weighted by Crippen LogP contribution is -2.49. The third-order valence-corrected chi connectivity index (χ3v) is 4.25. The minimum absolute atomic E-state index is 0.229. The monoisotopic (exact) mass is 266 g/mol. The van der Waals surface area contributed by atoms with Crippen LogP contribution < -0.4 is 0 Å². The Morgan fingerprint density at radius 1 is 1.00 bits per heavy atom. The van der Waals surface area contributed by atoms with Crippen LogP contribution in [-0.2, 0) is 19.2 Å². The lowest BCUT2D eigenvalue weighted by molar-refractivity contribution is -0.164. The number of rotatable bonds is 3. The first kappa shape index (κ1) is 13.9. The van der Waals surface area contributed by atoms with Crippen LogP contribution in [0.4, 0.5) is 0 Å². The molecule has 0 bridgehead atoms. The minimum Gasteiger partial charge on any atom is -0.480 e. The van der Waals surface area contributed by atoms with Crippen LogP contribution >= 0.6 is 0 Å². The van der Waals surface area contributed by atoms with E-state index < -0.39 is 28.7 Å². The van der Waals surface area contributed by atoms with Crippen LogP contribution in [0.5, 0.6) is 0 Å². The molecule has 0 spiro atoms. The Balaban J connectivity index is 2.27. The molecule has 5 nitrogen and oxygen atoms in total. The molecule has 104 valence electrons. The molecular formula is C14H18O5. The van der Waals surface area contributed by atoms with Gasteiger partial charge in [0.25, 0.3) is 0 Å². The zero-order valence-corrected chi connectivity index (χ0v) is 10.8. The minimum atomic E-state index is -1.78. The second-order valence-electron chi connectivity index (χ2n) is 5.69. The van der Waals surface area contributed by atoms with Gasteiger partial charge in [0.05, 0.1) is 6.42 Å². The molecule has 0 unspecified atom stereocenters. The topological polar surface area (TPSA) is 88.5 Å². The summed E-state index contributed by atoms with van der Waals surface area (Å²) in [5.41, 5.74) is -1.78. The molecule has 0 heterocycles. The summed E-state index contributed by atoms with van der Waals surface area (Å²) < 4.78 is 0. The van der Waals surface area contributed by atoms with Gasteiger partial charge in [0.1, 0.15) is 17.0 Å². The van der Waals surface area contributed by atoms with Crippen LogP contribution in [0, 0.1) is 11.3 Å². The van der Waals surface area contributed by atoms with Gasteiger partial charge in [-0.2, -0.15) is 0 Å². The predicted molar refractivity (Wildman–Crippen MR) is 65.5 cm³/mol. The highest BCUT2D eigenvalue weighted by molar-refractivity contribution is 6.15. The highest BCUT2D eigenvalue weighted by atomic mass is 16.4. The molecule has 0 aromatic heterocycles. The maximum absolute atomic E-state index is 12.5. The van der Waals surface area contributed by atoms with Crippen molar-refractivity contribution in [3.8, 4) is 0 Å². The number of aliphatic carboxylic acids is 1. The van der Waals surface area contributed by atoms with E-state index in [-0.39, 0.29) is 25.2 Å². The number of Topliss-reactive ketones (excluding diaryl/α,β-unsaturated/α-hetero) is 3. The number of hydrogen-bond acceptors (Lipinski definition) is 4. The smallest absolute Gasteiger partial charge is 0.318 e. The summed E-state index contributed by atoms with van der Waals surface area (Å²) in [5.74, 6) is -2.88. The standard InChI is InChI=1S/C14H18O5/c15-10-6-11(16)8-14(7-10,13(18)19)12(17)9-4-2-1-3-5-9/h9H,1-8H2,(H,18,19). The predicted octanol–water partition coefficient (Wildman–Crippen LogP) is 1.53. The summed E-state index contributed by atoms with van der Waals surface area (Å²) in [6.45, 7) is 0. The van der Waals surface area contributed by atoms with Crippen LogP contribution in [0.2, 0.25) is 0 Å². The first-order valence-corrected chi connectivity index (χ1v) is 6.77. The van der Waals surface area contributed by atoms with E-state index in [0.717, 1.165) is 19.3 Å². The van der Waals surface area contributed by atoms with Crippen molar-refractivity contribution in [2.75, 3.05) is 0 Å². The molecule has 1 N–H and O–H groups in total. The van der Waals surface area contributed by atoms with Crippen molar-refractivity contribution in [1.29, 1.82) is 0 Å². The van der Waals surface area contributed by atoms with E-state index >= 15 is 0 Å². The number of carboxylic acids is 1. The summed E-state index contributed by atoms with van der Waals surface area (Å²) in [5, 5.41) is 9.40. The quantitative estimate of drug-likeness (QED) is 0.782. The molecule has 2 fully saturated rings. The summed E-state index contributed by atoms with van der Waals surface area (Å²) >= 11 is 0. The average Bonchev–Trinajstić information content (AvgIpc) is 2.37. The van der Waals surface area contributed by atoms with Crippen molar-refractivity contribution in [2.24, 2.45) is 11.3 Å². The molecule has 0 saturated heterocycles. The van der Waals surface area contributed by atoms with E-state index in [1.54, 1.807) is 0 Å². The molecule has 5 heteroatoms. The van der Waals surface area contributed by atoms with Crippen molar-refractivity contribution in [2.45, 2.75) is 51.4 Å². The number of carbonyl (C=O) groups is 4. The normalized spacial score (nSPS) is 24.2. The van der Waals surface area contributed by atoms with Gasteiger partial charge in [0, 0.05) is 18.8 Å². The lowest BCUT2D eigenvalue weighted by atomic mass is 9.65. The third kappa shape index (κ3) is 2.60. The fraction of sp³-hybridized carbons (Fsp3) is 0.714. The van der Waals surface area contributed by atoms with Crippen LogP contribution in [-0.4, -0.2) is 28.4 Å². The van der Waals surface area contributed by atoms with Crippen molar-refractivity contribution in [3.63, 3.8) is 0 Å². The molecule has 0 aliphatic heterocycles. The second kappa shape index (κ2) is 5.23. The first-order chi connectivity index (χ1) is 8.95. The fourth-order valence-corrected chi connectivity index (χ4v) is 3.27. The molecule has 0 aromatic rings. The Morgan fingerprint density at radius 3 is 2.00 bits per heavy atom. The van der Waals surface area contributed by atoms with E-state index in [1.807, 2.05) is 0 Å². The summed E-state index contributed by atoms with van der Waals surface area (Å²) in [7, 11) is 0. The SMILES string of the molecule is O=C1CC(=O)CC(C(=O)O)(C(=O)C2CCCCC2)C1. The van der Waals surface area contributed by atoms with Gasteiger partial charge in [0.15, 0.2) is 5.78 Å². The molecule has 2 aliphatic rings. The van der Waals surface area contributed by atoms with Crippen LogP contribution in [0.15, 0.2) is 0 Å². The Bertz CT molecular complexity index is 415. The summed E-state index contributed by atoms with van der Waals surface area (Å²) in [6, 6.07) is 0. The second-order valence-corrected chi connectivity index (χ2v) is 5.69. The van der Waals surface area contributed by atoms with Gasteiger partial charge in [0.2, 0.25) is 0 Å². The van der Waals surface area contributed by atoms with Crippen LogP contribution in [0.1, 0.15) is 51.4 Å². The van der Waals surface area contributed by atoms with E-state index in [0.29, 0.717) is 12.8 Å². The molecule has 0 amide bonds. The van der Waals surface area contributed by atoms with Crippen molar-refractivity contribution in [1.82, 2.24) is 0 Å². The number of carbonyl (C=O) groups excluding carboxylic acids is 3. The van der Waals surface area contributed by atoms with E-state index in [2.05, 4.69) is 0 Å². The largest absolute Gasteiger partial charge is 0.480 e. The van der Waals surface area contributed by atoms with E-state index in [9.17, 15) is 24.3 Å². The maximum Gasteiger partial charge on any atom is 0.318 e. The maximum atomic E-state index is 12.5. The number of carboxylic acid groups (broad SMARTS) is 1. The Morgan fingerprint density at radius 2 is 1.53 bits per heavy atom. The van der Waals surface area contributed by atoms with Gasteiger partial charge in [-0.25, -0.2) is 0 Å². The molecule has 19 heavy (non-hydrogen) atoms. The van der Waals surface area contributed by atoms with E-state index in [1.165, 1.54) is 0 Å². The molecule has 0 aromatic carbocycles. The van der Waals surface area contributed by atoms with Gasteiger partial charge >= 0.3 is 5.97 Å². The highest BCUT2D eigenvalue weighted by Crippen LogP contribution is 2.40.